The van der Waals surface area contributed by atoms with Crippen LogP contribution < -0.4 is 10.7 Å². The van der Waals surface area contributed by atoms with Crippen molar-refractivity contribution in [2.45, 2.75) is 26.2 Å². The molecule has 0 bridgehead atoms. The molecule has 0 aliphatic carbocycles. The minimum atomic E-state index is -1.14. The summed E-state index contributed by atoms with van der Waals surface area (Å²) in [7, 11) is 0. The van der Waals surface area contributed by atoms with Crippen LogP contribution in [0.15, 0.2) is 30.3 Å². The molecule has 0 aromatic heterocycles. The Labute approximate surface area is 129 Å². The van der Waals surface area contributed by atoms with E-state index in [0.717, 1.165) is 24.3 Å². The molecule has 0 heterocycles. The lowest BCUT2D eigenvalue weighted by atomic mass is 10.2. The molecule has 1 aromatic rings. The van der Waals surface area contributed by atoms with Gasteiger partial charge in [0.15, 0.2) is 5.11 Å². The molecule has 21 heavy (non-hydrogen) atoms. The number of rotatable bonds is 5. The van der Waals surface area contributed by atoms with Crippen LogP contribution in [0.25, 0.3) is 0 Å². The highest BCUT2D eigenvalue weighted by molar-refractivity contribution is 7.80. The lowest BCUT2D eigenvalue weighted by Crippen LogP contribution is -2.51. The first-order valence-electron chi connectivity index (χ1n) is 6.72. The molecule has 1 aromatic carbocycles. The Hall–Kier alpha value is -2.15. The maximum absolute atomic E-state index is 11.9. The third-order valence-electron chi connectivity index (χ3n) is 2.72. The third-order valence-corrected chi connectivity index (χ3v) is 2.91. The van der Waals surface area contributed by atoms with Crippen molar-refractivity contribution >= 4 is 29.3 Å². The van der Waals surface area contributed by atoms with Crippen LogP contribution in [0.3, 0.4) is 0 Å². The smallest absolute Gasteiger partial charge is 0.426 e. The number of hydrogen-bond donors (Lipinski definition) is 3. The van der Waals surface area contributed by atoms with E-state index in [9.17, 15) is 9.59 Å². The van der Waals surface area contributed by atoms with E-state index in [4.69, 9.17) is 17.3 Å². The van der Waals surface area contributed by atoms with Gasteiger partial charge >= 0.3 is 6.09 Å². The Kier molecular flexibility index (Phi) is 7.17. The van der Waals surface area contributed by atoms with Crippen LogP contribution in [0.5, 0.6) is 0 Å². The Morgan fingerprint density at radius 1 is 1.24 bits per heavy atom. The molecule has 7 heteroatoms. The molecule has 3 N–H and O–H groups in total. The summed E-state index contributed by atoms with van der Waals surface area (Å²) in [5, 5.41) is 12.4. The number of carbonyl (C=O) groups excluding carboxylic acids is 1. The fourth-order valence-electron chi connectivity index (χ4n) is 1.63. The van der Waals surface area contributed by atoms with E-state index in [0.29, 0.717) is 12.1 Å². The summed E-state index contributed by atoms with van der Waals surface area (Å²) in [5.74, 6) is -0.382. The molecule has 0 fully saturated rings. The first-order chi connectivity index (χ1) is 10.0. The van der Waals surface area contributed by atoms with Crippen LogP contribution in [-0.4, -0.2) is 33.8 Å². The largest absolute Gasteiger partial charge is 0.464 e. The van der Waals surface area contributed by atoms with Crippen LogP contribution in [0, 0.1) is 0 Å². The highest BCUT2D eigenvalue weighted by Crippen LogP contribution is 1.99. The quantitative estimate of drug-likeness (QED) is 0.442. The standard InChI is InChI=1S/C14H19N3O3S/c1-2-3-7-10-17(14(19)20)16-13(21)15-12(18)11-8-5-4-6-9-11/h4-6,8-9H,2-3,7,10H2,1H3,(H,19,20)(H2,15,16,18,21). The van der Waals surface area contributed by atoms with Crippen molar-refractivity contribution < 1.29 is 14.7 Å². The van der Waals surface area contributed by atoms with Crippen molar-refractivity contribution in [2.75, 3.05) is 6.54 Å². The van der Waals surface area contributed by atoms with E-state index in [1.807, 2.05) is 6.92 Å². The number of benzene rings is 1. The van der Waals surface area contributed by atoms with Gasteiger partial charge in [0.2, 0.25) is 0 Å². The lowest BCUT2D eigenvalue weighted by Gasteiger charge is -2.21. The van der Waals surface area contributed by atoms with Crippen molar-refractivity contribution in [3.63, 3.8) is 0 Å². The molecule has 6 nitrogen and oxygen atoms in total. The molecule has 0 aliphatic rings. The zero-order valence-electron chi connectivity index (χ0n) is 11.8. The van der Waals surface area contributed by atoms with Crippen LogP contribution in [-0.2, 0) is 0 Å². The number of amides is 2. The van der Waals surface area contributed by atoms with E-state index in [2.05, 4.69) is 10.7 Å². The number of carbonyl (C=O) groups is 2. The molecule has 0 radical (unpaired) electrons. The number of nitrogens with one attached hydrogen (secondary N) is 2. The molecule has 2 amide bonds. The fraction of sp³-hybridized carbons (Fsp3) is 0.357. The SMILES string of the molecule is CCCCCN(NC(=S)NC(=O)c1ccccc1)C(=O)O. The Bertz CT molecular complexity index is 493. The van der Waals surface area contributed by atoms with Gasteiger partial charge in [-0.25, -0.2) is 9.80 Å². The normalized spacial score (nSPS) is 9.76. The number of carboxylic acid groups (broad SMARTS) is 1. The summed E-state index contributed by atoms with van der Waals surface area (Å²) in [6, 6.07) is 8.56. The van der Waals surface area contributed by atoms with E-state index in [1.54, 1.807) is 30.3 Å². The topological polar surface area (TPSA) is 81.7 Å². The van der Waals surface area contributed by atoms with Crippen molar-refractivity contribution in [2.24, 2.45) is 0 Å². The van der Waals surface area contributed by atoms with Crippen molar-refractivity contribution in [1.29, 1.82) is 0 Å². The second-order valence-corrected chi connectivity index (χ2v) is 4.81. The predicted octanol–water partition coefficient (Wildman–Crippen LogP) is 2.38. The molecule has 0 atom stereocenters. The zero-order chi connectivity index (χ0) is 15.7. The molecule has 0 spiro atoms. The van der Waals surface area contributed by atoms with Gasteiger partial charge in [0.25, 0.3) is 5.91 Å². The van der Waals surface area contributed by atoms with Gasteiger partial charge in [-0.3, -0.25) is 15.5 Å². The predicted molar refractivity (Wildman–Crippen MR) is 83.9 cm³/mol. The molecular formula is C14H19N3O3S. The highest BCUT2D eigenvalue weighted by Gasteiger charge is 2.14. The van der Waals surface area contributed by atoms with Gasteiger partial charge in [-0.2, -0.15) is 0 Å². The van der Waals surface area contributed by atoms with Gasteiger partial charge in [-0.05, 0) is 30.8 Å². The molecule has 0 saturated heterocycles. The molecule has 114 valence electrons. The average molecular weight is 309 g/mol. The first-order valence-corrected chi connectivity index (χ1v) is 7.13. The van der Waals surface area contributed by atoms with Gasteiger partial charge in [0.1, 0.15) is 0 Å². The minimum Gasteiger partial charge on any atom is -0.464 e. The van der Waals surface area contributed by atoms with Gasteiger partial charge < -0.3 is 5.11 Å². The summed E-state index contributed by atoms with van der Waals surface area (Å²) >= 11 is 4.96. The number of thiocarbonyl (C=S) groups is 1. The molecule has 0 unspecified atom stereocenters. The highest BCUT2D eigenvalue weighted by atomic mass is 32.1. The Morgan fingerprint density at radius 3 is 2.48 bits per heavy atom. The van der Waals surface area contributed by atoms with E-state index in [1.165, 1.54) is 0 Å². The number of unbranched alkanes of at least 4 members (excludes halogenated alkanes) is 2. The number of nitrogens with zero attached hydrogens (tertiary/aromatic N) is 1. The Balaban J connectivity index is 2.50. The van der Waals surface area contributed by atoms with E-state index >= 15 is 0 Å². The summed E-state index contributed by atoms with van der Waals surface area (Å²) in [6.07, 6.45) is 1.50. The van der Waals surface area contributed by atoms with Gasteiger partial charge in [0.05, 0.1) is 0 Å². The van der Waals surface area contributed by atoms with Gasteiger partial charge in [-0.15, -0.1) is 0 Å². The molecule has 0 saturated carbocycles. The summed E-state index contributed by atoms with van der Waals surface area (Å²) in [5.41, 5.74) is 2.96. The van der Waals surface area contributed by atoms with Crippen molar-refractivity contribution in [3.05, 3.63) is 35.9 Å². The van der Waals surface area contributed by atoms with Crippen LogP contribution in [0.2, 0.25) is 0 Å². The molecule has 1 rings (SSSR count). The summed E-state index contributed by atoms with van der Waals surface area (Å²) in [6.45, 7) is 2.34. The number of hydrogen-bond acceptors (Lipinski definition) is 3. The van der Waals surface area contributed by atoms with Gasteiger partial charge in [0, 0.05) is 12.1 Å². The van der Waals surface area contributed by atoms with Crippen molar-refractivity contribution in [3.8, 4) is 0 Å². The van der Waals surface area contributed by atoms with Crippen LogP contribution in [0.1, 0.15) is 36.5 Å². The van der Waals surface area contributed by atoms with Crippen molar-refractivity contribution in [1.82, 2.24) is 15.8 Å². The third kappa shape index (κ3) is 6.22. The lowest BCUT2D eigenvalue weighted by molar-refractivity contribution is 0.0970. The number of hydrazine groups is 1. The monoisotopic (exact) mass is 309 g/mol. The fourth-order valence-corrected chi connectivity index (χ4v) is 1.84. The maximum Gasteiger partial charge on any atom is 0.426 e. The average Bonchev–Trinajstić information content (AvgIpc) is 2.47. The van der Waals surface area contributed by atoms with Gasteiger partial charge in [-0.1, -0.05) is 38.0 Å². The molecular weight excluding hydrogens is 290 g/mol. The minimum absolute atomic E-state index is 0.0391. The second kappa shape index (κ2) is 8.91. The van der Waals surface area contributed by atoms with Crippen LogP contribution in [0.4, 0.5) is 4.79 Å². The van der Waals surface area contributed by atoms with E-state index in [-0.39, 0.29) is 11.0 Å². The second-order valence-electron chi connectivity index (χ2n) is 4.40. The zero-order valence-corrected chi connectivity index (χ0v) is 12.7. The summed E-state index contributed by atoms with van der Waals surface area (Å²) in [4.78, 5) is 22.9. The first kappa shape index (κ1) is 16.9. The summed E-state index contributed by atoms with van der Waals surface area (Å²) < 4.78 is 0. The Morgan fingerprint density at radius 2 is 1.90 bits per heavy atom. The van der Waals surface area contributed by atoms with Crippen LogP contribution >= 0.6 is 12.2 Å². The van der Waals surface area contributed by atoms with E-state index < -0.39 is 6.09 Å². The molecule has 0 aliphatic heterocycles. The maximum atomic E-state index is 11.9.